The molecule has 2 aromatic carbocycles. The van der Waals surface area contributed by atoms with Crippen molar-refractivity contribution in [3.63, 3.8) is 0 Å². The van der Waals surface area contributed by atoms with E-state index in [0.29, 0.717) is 18.9 Å². The molecular formula is C23H21N5. The van der Waals surface area contributed by atoms with E-state index >= 15 is 0 Å². The van der Waals surface area contributed by atoms with Gasteiger partial charge in [0, 0.05) is 37.1 Å². The van der Waals surface area contributed by atoms with Gasteiger partial charge in [0.1, 0.15) is 11.6 Å². The summed E-state index contributed by atoms with van der Waals surface area (Å²) < 4.78 is 0. The molecule has 0 fully saturated rings. The summed E-state index contributed by atoms with van der Waals surface area (Å²) in [5.41, 5.74) is 3.28. The highest BCUT2D eigenvalue weighted by molar-refractivity contribution is 5.61. The molecule has 2 N–H and O–H groups in total. The third-order valence-corrected chi connectivity index (χ3v) is 4.27. The topological polar surface area (TPSA) is 62.7 Å². The lowest BCUT2D eigenvalue weighted by molar-refractivity contribution is 1.05. The maximum atomic E-state index is 4.70. The van der Waals surface area contributed by atoms with Gasteiger partial charge in [0.2, 0.25) is 0 Å². The van der Waals surface area contributed by atoms with Crippen molar-refractivity contribution >= 4 is 11.6 Å². The molecule has 0 spiro atoms. The zero-order valence-electron chi connectivity index (χ0n) is 15.4. The van der Waals surface area contributed by atoms with Crippen LogP contribution in [0.5, 0.6) is 0 Å². The summed E-state index contributed by atoms with van der Waals surface area (Å²) in [6.45, 7) is 1.35. The number of pyridine rings is 1. The number of benzene rings is 2. The van der Waals surface area contributed by atoms with Crippen LogP contribution in [0.4, 0.5) is 11.6 Å². The smallest absolute Gasteiger partial charge is 0.163 e. The number of rotatable bonds is 7. The zero-order chi connectivity index (χ0) is 19.0. The minimum Gasteiger partial charge on any atom is -0.366 e. The SMILES string of the molecule is c1ccc(CNc2cc(NCc3cccnc3)nc(-c3ccccc3)n2)cc1. The van der Waals surface area contributed by atoms with Crippen LogP contribution in [0, 0.1) is 0 Å². The number of hydrogen-bond acceptors (Lipinski definition) is 5. The largest absolute Gasteiger partial charge is 0.366 e. The van der Waals surface area contributed by atoms with Crippen LogP contribution in [0.1, 0.15) is 11.1 Å². The summed E-state index contributed by atoms with van der Waals surface area (Å²) in [6.07, 6.45) is 3.62. The molecule has 0 atom stereocenters. The number of nitrogens with one attached hydrogen (secondary N) is 2. The van der Waals surface area contributed by atoms with Crippen molar-refractivity contribution in [1.29, 1.82) is 0 Å². The van der Waals surface area contributed by atoms with Gasteiger partial charge >= 0.3 is 0 Å². The molecule has 28 heavy (non-hydrogen) atoms. The standard InChI is InChI=1S/C23H21N5/c1-3-8-18(9-4-1)16-25-21-14-22(26-17-19-10-7-13-24-15-19)28-23(27-21)20-11-5-2-6-12-20/h1-15H,16-17H2,(H2,25,26,27,28). The lowest BCUT2D eigenvalue weighted by Crippen LogP contribution is -2.07. The first-order valence-corrected chi connectivity index (χ1v) is 9.22. The van der Waals surface area contributed by atoms with Crippen molar-refractivity contribution in [1.82, 2.24) is 15.0 Å². The maximum absolute atomic E-state index is 4.70. The first-order valence-electron chi connectivity index (χ1n) is 9.22. The highest BCUT2D eigenvalue weighted by Gasteiger charge is 2.07. The van der Waals surface area contributed by atoms with E-state index in [4.69, 9.17) is 9.97 Å². The summed E-state index contributed by atoms with van der Waals surface area (Å²) in [5, 5.41) is 6.78. The van der Waals surface area contributed by atoms with Gasteiger partial charge in [0.15, 0.2) is 5.82 Å². The van der Waals surface area contributed by atoms with Crippen molar-refractivity contribution in [2.45, 2.75) is 13.1 Å². The van der Waals surface area contributed by atoms with Crippen LogP contribution in [0.3, 0.4) is 0 Å². The molecule has 4 aromatic rings. The first kappa shape index (κ1) is 17.7. The van der Waals surface area contributed by atoms with Crippen LogP contribution in [-0.4, -0.2) is 15.0 Å². The fourth-order valence-corrected chi connectivity index (χ4v) is 2.83. The summed E-state index contributed by atoms with van der Waals surface area (Å²) in [4.78, 5) is 13.5. The predicted octanol–water partition coefficient (Wildman–Crippen LogP) is 4.76. The molecule has 0 aliphatic rings. The van der Waals surface area contributed by atoms with Crippen molar-refractivity contribution in [2.75, 3.05) is 10.6 Å². The molecule has 5 nitrogen and oxygen atoms in total. The Hall–Kier alpha value is -3.73. The van der Waals surface area contributed by atoms with E-state index in [1.807, 2.05) is 72.9 Å². The van der Waals surface area contributed by atoms with E-state index in [1.54, 1.807) is 6.20 Å². The van der Waals surface area contributed by atoms with Crippen molar-refractivity contribution in [3.8, 4) is 11.4 Å². The lowest BCUT2D eigenvalue weighted by atomic mass is 10.2. The summed E-state index contributed by atoms with van der Waals surface area (Å²) in [7, 11) is 0. The minimum atomic E-state index is 0.650. The third kappa shape index (κ3) is 4.71. The lowest BCUT2D eigenvalue weighted by Gasteiger charge is -2.12. The Morgan fingerprint density at radius 1 is 0.643 bits per heavy atom. The van der Waals surface area contributed by atoms with Crippen molar-refractivity contribution in [3.05, 3.63) is 102 Å². The van der Waals surface area contributed by atoms with Crippen LogP contribution in [0.15, 0.2) is 91.3 Å². The van der Waals surface area contributed by atoms with E-state index in [9.17, 15) is 0 Å². The van der Waals surface area contributed by atoms with Gasteiger partial charge in [0.05, 0.1) is 0 Å². The molecule has 0 bridgehead atoms. The van der Waals surface area contributed by atoms with Gasteiger partial charge in [-0.05, 0) is 17.2 Å². The molecule has 5 heteroatoms. The Labute approximate surface area is 164 Å². The molecule has 0 unspecified atom stereocenters. The Bertz CT molecular complexity index is 943. The monoisotopic (exact) mass is 367 g/mol. The van der Waals surface area contributed by atoms with Crippen LogP contribution < -0.4 is 10.6 Å². The molecule has 0 aliphatic heterocycles. The summed E-state index contributed by atoms with van der Waals surface area (Å²) >= 11 is 0. The molecule has 138 valence electrons. The average molecular weight is 367 g/mol. The van der Waals surface area contributed by atoms with Gasteiger partial charge < -0.3 is 10.6 Å². The van der Waals surface area contributed by atoms with Crippen LogP contribution in [-0.2, 0) is 13.1 Å². The quantitative estimate of drug-likeness (QED) is 0.493. The minimum absolute atomic E-state index is 0.650. The molecule has 0 radical (unpaired) electrons. The number of nitrogens with zero attached hydrogens (tertiary/aromatic N) is 3. The second-order valence-corrected chi connectivity index (χ2v) is 6.38. The zero-order valence-corrected chi connectivity index (χ0v) is 15.4. The molecule has 0 amide bonds. The molecule has 2 aromatic heterocycles. The second kappa shape index (κ2) is 8.77. The Morgan fingerprint density at radius 2 is 1.25 bits per heavy atom. The van der Waals surface area contributed by atoms with Gasteiger partial charge in [-0.15, -0.1) is 0 Å². The Balaban J connectivity index is 1.57. The van der Waals surface area contributed by atoms with E-state index in [-0.39, 0.29) is 0 Å². The molecule has 0 saturated carbocycles. The van der Waals surface area contributed by atoms with Crippen molar-refractivity contribution < 1.29 is 0 Å². The highest BCUT2D eigenvalue weighted by Crippen LogP contribution is 2.21. The fourth-order valence-electron chi connectivity index (χ4n) is 2.83. The van der Waals surface area contributed by atoms with E-state index in [2.05, 4.69) is 27.8 Å². The highest BCUT2D eigenvalue weighted by atomic mass is 15.1. The van der Waals surface area contributed by atoms with Crippen LogP contribution >= 0.6 is 0 Å². The van der Waals surface area contributed by atoms with Gasteiger partial charge in [-0.2, -0.15) is 0 Å². The predicted molar refractivity (Wildman–Crippen MR) is 113 cm³/mol. The molecule has 0 saturated heterocycles. The molecule has 0 aliphatic carbocycles. The van der Waals surface area contributed by atoms with Crippen LogP contribution in [0.25, 0.3) is 11.4 Å². The molecule has 2 heterocycles. The summed E-state index contributed by atoms with van der Waals surface area (Å²) in [5.74, 6) is 2.24. The van der Waals surface area contributed by atoms with Gasteiger partial charge in [0.25, 0.3) is 0 Å². The normalized spacial score (nSPS) is 10.4. The van der Waals surface area contributed by atoms with Gasteiger partial charge in [-0.3, -0.25) is 4.98 Å². The number of aromatic nitrogens is 3. The maximum Gasteiger partial charge on any atom is 0.163 e. The van der Waals surface area contributed by atoms with Gasteiger partial charge in [-0.1, -0.05) is 66.7 Å². The fraction of sp³-hybridized carbons (Fsp3) is 0.0870. The van der Waals surface area contributed by atoms with E-state index in [1.165, 1.54) is 5.56 Å². The average Bonchev–Trinajstić information content (AvgIpc) is 2.78. The molecule has 4 rings (SSSR count). The van der Waals surface area contributed by atoms with Crippen LogP contribution in [0.2, 0.25) is 0 Å². The van der Waals surface area contributed by atoms with Gasteiger partial charge in [-0.25, -0.2) is 9.97 Å². The number of hydrogen-bond donors (Lipinski definition) is 2. The Morgan fingerprint density at radius 3 is 1.89 bits per heavy atom. The second-order valence-electron chi connectivity index (χ2n) is 6.38. The first-order chi connectivity index (χ1) is 13.9. The number of anilines is 2. The van der Waals surface area contributed by atoms with Crippen molar-refractivity contribution in [2.24, 2.45) is 0 Å². The summed E-state index contributed by atoms with van der Waals surface area (Å²) in [6, 6.07) is 26.2. The van der Waals surface area contributed by atoms with E-state index in [0.717, 1.165) is 22.8 Å². The third-order valence-electron chi connectivity index (χ3n) is 4.27. The molecular weight excluding hydrogens is 346 g/mol. The van der Waals surface area contributed by atoms with E-state index < -0.39 is 0 Å². The Kier molecular flexibility index (Phi) is 5.54.